The maximum atomic E-state index is 13.0. The molecule has 1 aliphatic rings. The average Bonchev–Trinajstić information content (AvgIpc) is 3.31. The van der Waals surface area contributed by atoms with Gasteiger partial charge in [0.1, 0.15) is 16.6 Å². The van der Waals surface area contributed by atoms with Crippen LogP contribution in [0.4, 0.5) is 4.39 Å². The third kappa shape index (κ3) is 5.94. The van der Waals surface area contributed by atoms with Gasteiger partial charge in [0.05, 0.1) is 19.3 Å². The zero-order valence-electron chi connectivity index (χ0n) is 18.3. The summed E-state index contributed by atoms with van der Waals surface area (Å²) in [6, 6.07) is 13.1. The van der Waals surface area contributed by atoms with E-state index < -0.39 is 11.7 Å². The second-order valence-electron chi connectivity index (χ2n) is 7.72. The normalized spacial score (nSPS) is 14.2. The Hall–Kier alpha value is -3.30. The van der Waals surface area contributed by atoms with Gasteiger partial charge in [0.25, 0.3) is 5.91 Å². The predicted octanol–water partition coefficient (Wildman–Crippen LogP) is 3.03. The minimum absolute atomic E-state index is 0.0759. The van der Waals surface area contributed by atoms with Crippen LogP contribution in [-0.4, -0.2) is 66.4 Å². The van der Waals surface area contributed by atoms with Crippen molar-refractivity contribution in [3.05, 3.63) is 71.0 Å². The number of aromatic nitrogens is 1. The Labute approximate surface area is 195 Å². The highest BCUT2D eigenvalue weighted by atomic mass is 32.1. The van der Waals surface area contributed by atoms with E-state index in [4.69, 9.17) is 9.72 Å². The van der Waals surface area contributed by atoms with E-state index in [0.29, 0.717) is 18.7 Å². The molecule has 1 N–H and O–H groups in total. The number of thiazole rings is 1. The molecule has 2 amide bonds. The van der Waals surface area contributed by atoms with Gasteiger partial charge >= 0.3 is 0 Å². The van der Waals surface area contributed by atoms with Gasteiger partial charge < -0.3 is 15.0 Å². The zero-order chi connectivity index (χ0) is 23.2. The Bertz CT molecular complexity index is 1090. The molecular weight excluding hydrogens is 443 g/mol. The minimum atomic E-state index is -0.407. The summed E-state index contributed by atoms with van der Waals surface area (Å²) in [7, 11) is 1.65. The maximum absolute atomic E-state index is 13.0. The smallest absolute Gasteiger partial charge is 0.251 e. The lowest BCUT2D eigenvalue weighted by Gasteiger charge is -2.34. The SMILES string of the molecule is COc1ccc(-c2nc(CN3CCN(C(=O)CNC(=O)c4ccc(F)cc4)CC3)cs2)cc1. The molecule has 9 heteroatoms. The fourth-order valence-corrected chi connectivity index (χ4v) is 4.42. The summed E-state index contributed by atoms with van der Waals surface area (Å²) < 4.78 is 18.2. The van der Waals surface area contributed by atoms with Gasteiger partial charge in [-0.3, -0.25) is 14.5 Å². The van der Waals surface area contributed by atoms with E-state index in [-0.39, 0.29) is 12.5 Å². The van der Waals surface area contributed by atoms with Gasteiger partial charge in [-0.1, -0.05) is 0 Å². The van der Waals surface area contributed by atoms with Gasteiger partial charge in [-0.15, -0.1) is 11.3 Å². The third-order valence-corrected chi connectivity index (χ3v) is 6.45. The van der Waals surface area contributed by atoms with Gasteiger partial charge in [-0.05, 0) is 48.5 Å². The summed E-state index contributed by atoms with van der Waals surface area (Å²) in [6.45, 7) is 3.34. The van der Waals surface area contributed by atoms with E-state index in [2.05, 4.69) is 15.6 Å². The molecule has 1 aliphatic heterocycles. The topological polar surface area (TPSA) is 74.8 Å². The first-order valence-corrected chi connectivity index (χ1v) is 11.5. The highest BCUT2D eigenvalue weighted by Crippen LogP contribution is 2.26. The average molecular weight is 469 g/mol. The van der Waals surface area contributed by atoms with E-state index in [9.17, 15) is 14.0 Å². The van der Waals surface area contributed by atoms with Crippen LogP contribution in [0.25, 0.3) is 10.6 Å². The minimum Gasteiger partial charge on any atom is -0.497 e. The highest BCUT2D eigenvalue weighted by Gasteiger charge is 2.22. The molecule has 0 saturated carbocycles. The van der Waals surface area contributed by atoms with Crippen molar-refractivity contribution in [1.29, 1.82) is 0 Å². The molecule has 2 aromatic carbocycles. The summed E-state index contributed by atoms with van der Waals surface area (Å²) in [5, 5.41) is 5.65. The summed E-state index contributed by atoms with van der Waals surface area (Å²) >= 11 is 1.61. The molecule has 0 aliphatic carbocycles. The van der Waals surface area contributed by atoms with Gasteiger partial charge in [-0.25, -0.2) is 9.37 Å². The van der Waals surface area contributed by atoms with Crippen LogP contribution in [0.2, 0.25) is 0 Å². The Morgan fingerprint density at radius 2 is 1.76 bits per heavy atom. The predicted molar refractivity (Wildman–Crippen MR) is 125 cm³/mol. The van der Waals surface area contributed by atoms with Crippen LogP contribution in [0, 0.1) is 5.82 Å². The Morgan fingerprint density at radius 3 is 2.42 bits per heavy atom. The number of methoxy groups -OCH3 is 1. The van der Waals surface area contributed by atoms with E-state index in [1.807, 2.05) is 24.3 Å². The molecule has 0 spiro atoms. The largest absolute Gasteiger partial charge is 0.497 e. The zero-order valence-corrected chi connectivity index (χ0v) is 19.1. The molecule has 1 saturated heterocycles. The van der Waals surface area contributed by atoms with Crippen molar-refractivity contribution in [2.24, 2.45) is 0 Å². The van der Waals surface area contributed by atoms with Gasteiger partial charge in [0.15, 0.2) is 0 Å². The first-order valence-electron chi connectivity index (χ1n) is 10.6. The van der Waals surface area contributed by atoms with E-state index in [0.717, 1.165) is 41.6 Å². The van der Waals surface area contributed by atoms with Crippen molar-refractivity contribution >= 4 is 23.2 Å². The number of ether oxygens (including phenoxy) is 1. The number of piperazine rings is 1. The fourth-order valence-electron chi connectivity index (χ4n) is 3.60. The number of benzene rings is 2. The first-order chi connectivity index (χ1) is 16.0. The molecule has 7 nitrogen and oxygen atoms in total. The van der Waals surface area contributed by atoms with Gasteiger partial charge in [0, 0.05) is 49.2 Å². The monoisotopic (exact) mass is 468 g/mol. The highest BCUT2D eigenvalue weighted by molar-refractivity contribution is 7.13. The summed E-state index contributed by atoms with van der Waals surface area (Å²) in [5.41, 5.74) is 2.40. The lowest BCUT2D eigenvalue weighted by atomic mass is 10.2. The van der Waals surface area contributed by atoms with E-state index >= 15 is 0 Å². The molecule has 0 atom stereocenters. The number of hydrogen-bond donors (Lipinski definition) is 1. The lowest BCUT2D eigenvalue weighted by molar-refractivity contribution is -0.131. The Kier molecular flexibility index (Phi) is 7.31. The van der Waals surface area contributed by atoms with Crippen LogP contribution < -0.4 is 10.1 Å². The van der Waals surface area contributed by atoms with Crippen molar-refractivity contribution in [2.45, 2.75) is 6.54 Å². The van der Waals surface area contributed by atoms with Crippen molar-refractivity contribution in [3.8, 4) is 16.3 Å². The van der Waals surface area contributed by atoms with Crippen LogP contribution in [0.5, 0.6) is 5.75 Å². The molecule has 4 rings (SSSR count). The number of nitrogens with zero attached hydrogens (tertiary/aromatic N) is 3. The molecule has 2 heterocycles. The Balaban J connectivity index is 1.22. The van der Waals surface area contributed by atoms with Crippen LogP contribution in [0.3, 0.4) is 0 Å². The molecule has 0 radical (unpaired) electrons. The summed E-state index contributed by atoms with van der Waals surface area (Å²) in [4.78, 5) is 33.4. The molecule has 3 aromatic rings. The number of rotatable bonds is 7. The van der Waals surface area contributed by atoms with Crippen molar-refractivity contribution in [2.75, 3.05) is 39.8 Å². The molecule has 0 unspecified atom stereocenters. The summed E-state index contributed by atoms with van der Waals surface area (Å²) in [6.07, 6.45) is 0. The van der Waals surface area contributed by atoms with Crippen LogP contribution in [0.15, 0.2) is 53.9 Å². The molecule has 33 heavy (non-hydrogen) atoms. The second-order valence-corrected chi connectivity index (χ2v) is 8.58. The van der Waals surface area contributed by atoms with Crippen molar-refractivity contribution < 1.29 is 18.7 Å². The van der Waals surface area contributed by atoms with E-state index in [1.54, 1.807) is 23.3 Å². The molecular formula is C24H25FN4O3S. The molecule has 1 fully saturated rings. The standard InChI is InChI=1S/C24H25FN4O3S/c1-32-21-8-4-18(5-9-21)24-27-20(16-33-24)15-28-10-12-29(13-11-28)22(30)14-26-23(31)17-2-6-19(25)7-3-17/h2-9,16H,10-15H2,1H3,(H,26,31). The van der Waals surface area contributed by atoms with Crippen LogP contribution in [-0.2, 0) is 11.3 Å². The van der Waals surface area contributed by atoms with Crippen molar-refractivity contribution in [3.63, 3.8) is 0 Å². The first kappa shape index (κ1) is 22.9. The number of carbonyl (C=O) groups is 2. The molecule has 0 bridgehead atoms. The quantitative estimate of drug-likeness (QED) is 0.577. The van der Waals surface area contributed by atoms with Gasteiger partial charge in [0.2, 0.25) is 5.91 Å². The Morgan fingerprint density at radius 1 is 1.06 bits per heavy atom. The number of halogens is 1. The number of amides is 2. The van der Waals surface area contributed by atoms with Crippen molar-refractivity contribution in [1.82, 2.24) is 20.1 Å². The van der Waals surface area contributed by atoms with Crippen LogP contribution in [0.1, 0.15) is 16.1 Å². The molecule has 172 valence electrons. The number of hydrogen-bond acceptors (Lipinski definition) is 6. The van der Waals surface area contributed by atoms with Crippen LogP contribution >= 0.6 is 11.3 Å². The molecule has 1 aromatic heterocycles. The maximum Gasteiger partial charge on any atom is 0.251 e. The number of carbonyl (C=O) groups excluding carboxylic acids is 2. The fraction of sp³-hybridized carbons (Fsp3) is 0.292. The number of nitrogens with one attached hydrogen (secondary N) is 1. The summed E-state index contributed by atoms with van der Waals surface area (Å²) in [5.74, 6) is -0.105. The third-order valence-electron chi connectivity index (χ3n) is 5.51. The second kappa shape index (κ2) is 10.5. The van der Waals surface area contributed by atoms with Gasteiger partial charge in [-0.2, -0.15) is 0 Å². The lowest BCUT2D eigenvalue weighted by Crippen LogP contribution is -2.50. The van der Waals surface area contributed by atoms with E-state index in [1.165, 1.54) is 24.3 Å².